The molecule has 19 heavy (non-hydrogen) atoms. The van der Waals surface area contributed by atoms with Crippen LogP contribution in [0, 0.1) is 0 Å². The number of hydrogen-bond acceptors (Lipinski definition) is 4. The second-order valence-corrected chi connectivity index (χ2v) is 5.63. The topological polar surface area (TPSA) is 78.4 Å². The van der Waals surface area contributed by atoms with Crippen LogP contribution in [0.25, 0.3) is 0 Å². The number of thioether (sulfide) groups is 1. The van der Waals surface area contributed by atoms with E-state index < -0.39 is 5.97 Å². The quantitative estimate of drug-likeness (QED) is 0.791. The molecule has 5 nitrogen and oxygen atoms in total. The van der Waals surface area contributed by atoms with Crippen LogP contribution in [0.1, 0.15) is 10.4 Å². The molecule has 0 saturated carbocycles. The number of carbonyl (C=O) groups is 2. The van der Waals surface area contributed by atoms with Crippen molar-refractivity contribution >= 4 is 40.9 Å². The number of rotatable bonds is 3. The first-order valence-corrected chi connectivity index (χ1v) is 7.26. The van der Waals surface area contributed by atoms with Crippen LogP contribution in [-0.4, -0.2) is 41.1 Å². The number of carboxylic acids is 1. The molecule has 1 fully saturated rings. The lowest BCUT2D eigenvalue weighted by atomic mass is 10.2. The van der Waals surface area contributed by atoms with Gasteiger partial charge in [-0.3, -0.25) is 4.79 Å². The predicted octanol–water partition coefficient (Wildman–Crippen LogP) is 1.68. The second-order valence-electron chi connectivity index (χ2n) is 4.07. The monoisotopic (exact) mass is 300 g/mol. The van der Waals surface area contributed by atoms with Gasteiger partial charge in [0.05, 0.1) is 22.3 Å². The van der Waals surface area contributed by atoms with E-state index in [0.29, 0.717) is 16.5 Å². The average molecular weight is 301 g/mol. The molecule has 1 aromatic rings. The van der Waals surface area contributed by atoms with Crippen LogP contribution in [0.2, 0.25) is 5.02 Å². The maximum atomic E-state index is 12.0. The summed E-state index contributed by atoms with van der Waals surface area (Å²) in [5.41, 5.74) is 0.412. The van der Waals surface area contributed by atoms with Crippen LogP contribution in [-0.2, 0) is 4.79 Å². The number of carboxylic acid groups (broad SMARTS) is 1. The van der Waals surface area contributed by atoms with E-state index in [0.717, 1.165) is 12.3 Å². The first-order valence-electron chi connectivity index (χ1n) is 5.73. The fourth-order valence-electron chi connectivity index (χ4n) is 1.71. The van der Waals surface area contributed by atoms with E-state index in [1.54, 1.807) is 11.8 Å². The number of halogens is 1. The van der Waals surface area contributed by atoms with Crippen LogP contribution in [0.4, 0.5) is 5.69 Å². The molecular weight excluding hydrogens is 288 g/mol. The zero-order valence-corrected chi connectivity index (χ0v) is 11.6. The zero-order chi connectivity index (χ0) is 13.8. The fraction of sp³-hybridized carbons (Fsp3) is 0.333. The summed E-state index contributed by atoms with van der Waals surface area (Å²) >= 11 is 7.65. The number of amides is 1. The number of anilines is 1. The molecule has 1 aliphatic heterocycles. The highest BCUT2D eigenvalue weighted by atomic mass is 35.5. The van der Waals surface area contributed by atoms with E-state index in [1.165, 1.54) is 18.2 Å². The first-order chi connectivity index (χ1) is 9.08. The summed E-state index contributed by atoms with van der Waals surface area (Å²) in [7, 11) is 0. The zero-order valence-electron chi connectivity index (χ0n) is 9.98. The Kier molecular flexibility index (Phi) is 4.68. The highest BCUT2D eigenvalue weighted by Gasteiger charge is 2.21. The molecule has 1 amide bonds. The van der Waals surface area contributed by atoms with Crippen LogP contribution >= 0.6 is 23.4 Å². The summed E-state index contributed by atoms with van der Waals surface area (Å²) in [4.78, 5) is 22.9. The number of nitrogens with one attached hydrogen (secondary N) is 2. The van der Waals surface area contributed by atoms with Crippen molar-refractivity contribution in [2.45, 2.75) is 6.04 Å². The molecule has 1 heterocycles. The summed E-state index contributed by atoms with van der Waals surface area (Å²) in [6.07, 6.45) is 0. The van der Waals surface area contributed by atoms with E-state index in [1.807, 2.05) is 0 Å². The van der Waals surface area contributed by atoms with Gasteiger partial charge in [0.1, 0.15) is 0 Å². The molecule has 1 saturated heterocycles. The van der Waals surface area contributed by atoms with Crippen molar-refractivity contribution in [1.29, 1.82) is 0 Å². The Balaban J connectivity index is 2.11. The Hall–Kier alpha value is -1.24. The molecule has 1 aliphatic rings. The summed E-state index contributed by atoms with van der Waals surface area (Å²) in [5, 5.41) is 15.0. The Bertz CT molecular complexity index is 504. The molecule has 0 bridgehead atoms. The lowest BCUT2D eigenvalue weighted by Crippen LogP contribution is -2.46. The van der Waals surface area contributed by atoms with Crippen LogP contribution < -0.4 is 10.6 Å². The molecular formula is C12H13ClN2O3S. The Morgan fingerprint density at radius 3 is 2.89 bits per heavy atom. The van der Waals surface area contributed by atoms with Crippen molar-refractivity contribution in [2.24, 2.45) is 0 Å². The first kappa shape index (κ1) is 14.2. The van der Waals surface area contributed by atoms with Gasteiger partial charge in [-0.2, -0.15) is 11.8 Å². The normalized spacial score (nSPS) is 18.9. The Morgan fingerprint density at radius 2 is 2.26 bits per heavy atom. The number of carbonyl (C=O) groups excluding carboxylic acids is 1. The van der Waals surface area contributed by atoms with Gasteiger partial charge in [0, 0.05) is 18.1 Å². The van der Waals surface area contributed by atoms with Gasteiger partial charge in [0.2, 0.25) is 5.91 Å². The largest absolute Gasteiger partial charge is 0.478 e. The minimum atomic E-state index is -1.06. The Morgan fingerprint density at radius 1 is 1.47 bits per heavy atom. The standard InChI is InChI=1S/C12H13ClN2O3S/c13-8-2-1-7(12(17)18)5-9(8)15-11(16)10-6-19-4-3-14-10/h1-2,5,10,14H,3-4,6H2,(H,15,16)(H,17,18). The SMILES string of the molecule is O=C(O)c1ccc(Cl)c(NC(=O)C2CSCCN2)c1. The van der Waals surface area contributed by atoms with Gasteiger partial charge in [0.15, 0.2) is 0 Å². The minimum absolute atomic E-state index is 0.0886. The van der Waals surface area contributed by atoms with Crippen LogP contribution in [0.15, 0.2) is 18.2 Å². The Labute approximate surface area is 119 Å². The molecule has 0 radical (unpaired) electrons. The molecule has 7 heteroatoms. The summed E-state index contributed by atoms with van der Waals surface area (Å²) in [6, 6.07) is 3.94. The van der Waals surface area contributed by atoms with Crippen molar-refractivity contribution < 1.29 is 14.7 Å². The maximum Gasteiger partial charge on any atom is 0.335 e. The van der Waals surface area contributed by atoms with Crippen molar-refractivity contribution in [3.05, 3.63) is 28.8 Å². The van der Waals surface area contributed by atoms with Crippen molar-refractivity contribution in [3.8, 4) is 0 Å². The highest BCUT2D eigenvalue weighted by Crippen LogP contribution is 2.23. The van der Waals surface area contributed by atoms with Gasteiger partial charge in [-0.25, -0.2) is 4.79 Å². The summed E-state index contributed by atoms with van der Waals surface area (Å²) in [6.45, 7) is 0.783. The van der Waals surface area contributed by atoms with Crippen molar-refractivity contribution in [1.82, 2.24) is 5.32 Å². The van der Waals surface area contributed by atoms with E-state index in [4.69, 9.17) is 16.7 Å². The van der Waals surface area contributed by atoms with E-state index in [2.05, 4.69) is 10.6 Å². The van der Waals surface area contributed by atoms with Gasteiger partial charge >= 0.3 is 5.97 Å². The molecule has 3 N–H and O–H groups in total. The third kappa shape index (κ3) is 3.62. The minimum Gasteiger partial charge on any atom is -0.478 e. The second kappa shape index (κ2) is 6.27. The molecule has 0 aromatic heterocycles. The van der Waals surface area contributed by atoms with Gasteiger partial charge in [-0.1, -0.05) is 11.6 Å². The highest BCUT2D eigenvalue weighted by molar-refractivity contribution is 7.99. The molecule has 1 aromatic carbocycles. The summed E-state index contributed by atoms with van der Waals surface area (Å²) in [5.74, 6) is 0.427. The number of benzene rings is 1. The van der Waals surface area contributed by atoms with E-state index in [9.17, 15) is 9.59 Å². The molecule has 1 atom stereocenters. The average Bonchev–Trinajstić information content (AvgIpc) is 2.42. The van der Waals surface area contributed by atoms with Gasteiger partial charge < -0.3 is 15.7 Å². The van der Waals surface area contributed by atoms with Crippen molar-refractivity contribution in [3.63, 3.8) is 0 Å². The maximum absolute atomic E-state index is 12.0. The molecule has 0 spiro atoms. The number of hydrogen-bond donors (Lipinski definition) is 3. The van der Waals surface area contributed by atoms with Gasteiger partial charge in [-0.15, -0.1) is 0 Å². The molecule has 0 aliphatic carbocycles. The molecule has 1 unspecified atom stereocenters. The van der Waals surface area contributed by atoms with E-state index >= 15 is 0 Å². The summed E-state index contributed by atoms with van der Waals surface area (Å²) < 4.78 is 0. The lowest BCUT2D eigenvalue weighted by molar-refractivity contribution is -0.117. The smallest absolute Gasteiger partial charge is 0.335 e. The van der Waals surface area contributed by atoms with Crippen molar-refractivity contribution in [2.75, 3.05) is 23.4 Å². The third-order valence-electron chi connectivity index (χ3n) is 2.71. The fourth-order valence-corrected chi connectivity index (χ4v) is 2.81. The van der Waals surface area contributed by atoms with Gasteiger partial charge in [-0.05, 0) is 18.2 Å². The van der Waals surface area contributed by atoms with E-state index in [-0.39, 0.29) is 17.5 Å². The predicted molar refractivity (Wildman–Crippen MR) is 76.2 cm³/mol. The molecule has 2 rings (SSSR count). The lowest BCUT2D eigenvalue weighted by Gasteiger charge is -2.22. The number of aromatic carboxylic acids is 1. The molecule has 102 valence electrons. The van der Waals surface area contributed by atoms with Crippen LogP contribution in [0.3, 0.4) is 0 Å². The third-order valence-corrected chi connectivity index (χ3v) is 4.10. The van der Waals surface area contributed by atoms with Crippen LogP contribution in [0.5, 0.6) is 0 Å². The van der Waals surface area contributed by atoms with Gasteiger partial charge in [0.25, 0.3) is 0 Å².